The number of hydrogen-bond acceptors (Lipinski definition) is 4. The second-order valence-corrected chi connectivity index (χ2v) is 4.69. The van der Waals surface area contributed by atoms with Gasteiger partial charge in [-0.1, -0.05) is 6.92 Å². The molecule has 2 rings (SSSR count). The summed E-state index contributed by atoms with van der Waals surface area (Å²) in [7, 11) is 0. The van der Waals surface area contributed by atoms with Crippen molar-refractivity contribution < 1.29 is 19.0 Å². The normalized spacial score (nSPS) is 46.0. The number of epoxide rings is 1. The molecule has 2 saturated heterocycles. The van der Waals surface area contributed by atoms with Gasteiger partial charge in [0.15, 0.2) is 5.60 Å². The largest absolute Gasteiger partial charge is 0.464 e. The summed E-state index contributed by atoms with van der Waals surface area (Å²) >= 11 is 0. The molecular formula is C12H20O4. The number of hydrogen-bond donors (Lipinski definition) is 0. The summed E-state index contributed by atoms with van der Waals surface area (Å²) in [5, 5.41) is 0. The smallest absolute Gasteiger partial charge is 0.341 e. The molecule has 0 aromatic heterocycles. The second-order valence-electron chi connectivity index (χ2n) is 4.69. The maximum Gasteiger partial charge on any atom is 0.341 e. The highest BCUT2D eigenvalue weighted by molar-refractivity contribution is 5.85. The van der Waals surface area contributed by atoms with E-state index in [0.29, 0.717) is 13.0 Å². The van der Waals surface area contributed by atoms with Crippen molar-refractivity contribution in [2.24, 2.45) is 0 Å². The van der Waals surface area contributed by atoms with Crippen LogP contribution >= 0.6 is 0 Å². The monoisotopic (exact) mass is 228 g/mol. The van der Waals surface area contributed by atoms with Crippen LogP contribution in [0, 0.1) is 0 Å². The maximum absolute atomic E-state index is 12.0. The zero-order valence-electron chi connectivity index (χ0n) is 10.4. The zero-order valence-corrected chi connectivity index (χ0v) is 10.4. The summed E-state index contributed by atoms with van der Waals surface area (Å²) in [6.45, 7) is 8.15. The molecule has 0 bridgehead atoms. The van der Waals surface area contributed by atoms with E-state index in [4.69, 9.17) is 14.2 Å². The van der Waals surface area contributed by atoms with Gasteiger partial charge in [0.05, 0.1) is 18.8 Å². The highest BCUT2D eigenvalue weighted by Crippen LogP contribution is 2.60. The van der Waals surface area contributed by atoms with Crippen LogP contribution in [0.3, 0.4) is 0 Å². The predicted octanol–water partition coefficient (Wildman–Crippen LogP) is 1.66. The molecule has 2 fully saturated rings. The molecule has 4 heteroatoms. The molecule has 2 aliphatic rings. The van der Waals surface area contributed by atoms with Crippen molar-refractivity contribution in [1.82, 2.24) is 0 Å². The fourth-order valence-corrected chi connectivity index (χ4v) is 2.98. The van der Waals surface area contributed by atoms with E-state index in [1.54, 1.807) is 0 Å². The van der Waals surface area contributed by atoms with E-state index in [-0.39, 0.29) is 18.2 Å². The maximum atomic E-state index is 12.0. The molecule has 92 valence electrons. The molecule has 0 amide bonds. The molecule has 0 aliphatic carbocycles. The third-order valence-electron chi connectivity index (χ3n) is 3.79. The van der Waals surface area contributed by atoms with Crippen molar-refractivity contribution in [1.29, 1.82) is 0 Å². The summed E-state index contributed by atoms with van der Waals surface area (Å²) in [5.41, 5.74) is -1.19. The minimum atomic E-state index is -0.757. The van der Waals surface area contributed by atoms with E-state index in [0.717, 1.165) is 6.42 Å². The Balaban J connectivity index is 2.19. The lowest BCUT2D eigenvalue weighted by atomic mass is 9.84. The van der Waals surface area contributed by atoms with Crippen LogP contribution in [0.4, 0.5) is 0 Å². The van der Waals surface area contributed by atoms with E-state index in [9.17, 15) is 4.79 Å². The van der Waals surface area contributed by atoms with Crippen molar-refractivity contribution in [2.45, 2.75) is 63.9 Å². The van der Waals surface area contributed by atoms with Gasteiger partial charge in [-0.15, -0.1) is 0 Å². The first-order chi connectivity index (χ1) is 7.52. The predicted molar refractivity (Wildman–Crippen MR) is 58.1 cm³/mol. The second kappa shape index (κ2) is 3.70. The molecule has 2 heterocycles. The van der Waals surface area contributed by atoms with Gasteiger partial charge in [-0.05, 0) is 27.2 Å². The molecule has 4 atom stereocenters. The van der Waals surface area contributed by atoms with Crippen LogP contribution in [-0.4, -0.2) is 36.0 Å². The Bertz CT molecular complexity index is 303. The van der Waals surface area contributed by atoms with Crippen LogP contribution in [-0.2, 0) is 19.0 Å². The van der Waals surface area contributed by atoms with Gasteiger partial charge in [0, 0.05) is 6.42 Å². The molecule has 4 nitrogen and oxygen atoms in total. The van der Waals surface area contributed by atoms with Gasteiger partial charge in [0.25, 0.3) is 0 Å². The molecule has 2 aliphatic heterocycles. The van der Waals surface area contributed by atoms with Crippen molar-refractivity contribution >= 4 is 5.97 Å². The van der Waals surface area contributed by atoms with Crippen LogP contribution in [0.5, 0.6) is 0 Å². The van der Waals surface area contributed by atoms with E-state index >= 15 is 0 Å². The quantitative estimate of drug-likeness (QED) is 0.544. The van der Waals surface area contributed by atoms with Gasteiger partial charge in [0.1, 0.15) is 5.60 Å². The van der Waals surface area contributed by atoms with E-state index in [1.807, 2.05) is 27.7 Å². The summed E-state index contributed by atoms with van der Waals surface area (Å²) in [4.78, 5) is 12.0. The first-order valence-electron chi connectivity index (χ1n) is 6.05. The van der Waals surface area contributed by atoms with Gasteiger partial charge in [-0.2, -0.15) is 0 Å². The molecule has 0 aromatic carbocycles. The lowest BCUT2D eigenvalue weighted by molar-refractivity contribution is -0.149. The topological polar surface area (TPSA) is 48.1 Å². The highest BCUT2D eigenvalue weighted by Gasteiger charge is 2.79. The molecule has 0 saturated carbocycles. The molecule has 0 aromatic rings. The van der Waals surface area contributed by atoms with Crippen molar-refractivity contribution in [3.8, 4) is 0 Å². The van der Waals surface area contributed by atoms with Gasteiger partial charge >= 0.3 is 5.97 Å². The number of rotatable bonds is 3. The SMILES string of the molecule is CCOC(=O)C1(CC)OC12CC(C)OC2C. The first-order valence-corrected chi connectivity index (χ1v) is 6.05. The van der Waals surface area contributed by atoms with Crippen molar-refractivity contribution in [3.63, 3.8) is 0 Å². The van der Waals surface area contributed by atoms with Crippen LogP contribution in [0.25, 0.3) is 0 Å². The van der Waals surface area contributed by atoms with Gasteiger partial charge in [0.2, 0.25) is 0 Å². The van der Waals surface area contributed by atoms with Crippen molar-refractivity contribution in [2.75, 3.05) is 6.61 Å². The minimum Gasteiger partial charge on any atom is -0.464 e. The number of carbonyl (C=O) groups excluding carboxylic acids is 1. The molecule has 1 spiro atoms. The molecular weight excluding hydrogens is 208 g/mol. The number of esters is 1. The fourth-order valence-electron chi connectivity index (χ4n) is 2.98. The summed E-state index contributed by atoms with van der Waals surface area (Å²) < 4.78 is 16.6. The summed E-state index contributed by atoms with van der Waals surface area (Å²) in [5.74, 6) is -0.234. The Morgan fingerprint density at radius 2 is 2.12 bits per heavy atom. The zero-order chi connectivity index (χ0) is 12.0. The van der Waals surface area contributed by atoms with Crippen LogP contribution in [0.1, 0.15) is 40.5 Å². The Hall–Kier alpha value is -0.610. The lowest BCUT2D eigenvalue weighted by Crippen LogP contribution is -2.39. The van der Waals surface area contributed by atoms with E-state index < -0.39 is 11.2 Å². The molecule has 0 N–H and O–H groups in total. The molecule has 16 heavy (non-hydrogen) atoms. The fraction of sp³-hybridized carbons (Fsp3) is 0.917. The third kappa shape index (κ3) is 1.32. The summed E-state index contributed by atoms with van der Waals surface area (Å²) in [6, 6.07) is 0. The number of ether oxygens (including phenoxy) is 3. The van der Waals surface area contributed by atoms with E-state index in [2.05, 4.69) is 0 Å². The van der Waals surface area contributed by atoms with Crippen LogP contribution < -0.4 is 0 Å². The molecule has 4 unspecified atom stereocenters. The average molecular weight is 228 g/mol. The van der Waals surface area contributed by atoms with Crippen molar-refractivity contribution in [3.05, 3.63) is 0 Å². The Labute approximate surface area is 96.2 Å². The first kappa shape index (κ1) is 11.9. The highest BCUT2D eigenvalue weighted by atomic mass is 16.7. The van der Waals surface area contributed by atoms with E-state index in [1.165, 1.54) is 0 Å². The third-order valence-corrected chi connectivity index (χ3v) is 3.79. The molecule has 0 radical (unpaired) electrons. The average Bonchev–Trinajstić information content (AvgIpc) is 2.79. The van der Waals surface area contributed by atoms with Crippen LogP contribution in [0.15, 0.2) is 0 Å². The van der Waals surface area contributed by atoms with Gasteiger partial charge in [-0.3, -0.25) is 0 Å². The standard InChI is InChI=1S/C12H20O4/c1-5-11(10(13)14-6-2)12(16-11)7-8(3)15-9(12)4/h8-9H,5-7H2,1-4H3. The van der Waals surface area contributed by atoms with Gasteiger partial charge in [-0.25, -0.2) is 4.79 Å². The van der Waals surface area contributed by atoms with Gasteiger partial charge < -0.3 is 14.2 Å². The number of carbonyl (C=O) groups is 1. The lowest BCUT2D eigenvalue weighted by Gasteiger charge is -2.15. The Kier molecular flexibility index (Phi) is 2.75. The Morgan fingerprint density at radius 3 is 2.56 bits per heavy atom. The minimum absolute atomic E-state index is 0.0353. The van der Waals surface area contributed by atoms with Crippen LogP contribution in [0.2, 0.25) is 0 Å². The summed E-state index contributed by atoms with van der Waals surface area (Å²) in [6.07, 6.45) is 1.54. The Morgan fingerprint density at radius 1 is 1.44 bits per heavy atom.